The first-order chi connectivity index (χ1) is 6.11. The van der Waals surface area contributed by atoms with Gasteiger partial charge in [-0.1, -0.05) is 13.3 Å². The Labute approximate surface area is 79.3 Å². The van der Waals surface area contributed by atoms with Crippen LogP contribution in [0.15, 0.2) is 0 Å². The molecule has 1 amide bonds. The van der Waals surface area contributed by atoms with Gasteiger partial charge in [-0.2, -0.15) is 0 Å². The summed E-state index contributed by atoms with van der Waals surface area (Å²) in [6.07, 6.45) is 2.20. The van der Waals surface area contributed by atoms with Crippen molar-refractivity contribution in [1.82, 2.24) is 4.90 Å². The van der Waals surface area contributed by atoms with Gasteiger partial charge in [-0.15, -0.1) is 0 Å². The standard InChI is InChI=1S/C8H16BNO3/c1-2-3-4-10(6-8(12)13)7(11)5-9/h2-6,9H2,1H3,(H,12,13). The van der Waals surface area contributed by atoms with Gasteiger partial charge in [0.15, 0.2) is 0 Å². The number of carbonyl (C=O) groups excluding carboxylic acids is 1. The Morgan fingerprint density at radius 3 is 2.46 bits per heavy atom. The number of rotatable bonds is 6. The van der Waals surface area contributed by atoms with Crippen molar-refractivity contribution in [3.63, 3.8) is 0 Å². The number of hydrogen-bond donors (Lipinski definition) is 1. The van der Waals surface area contributed by atoms with Gasteiger partial charge in [0.25, 0.3) is 0 Å². The molecule has 4 nitrogen and oxygen atoms in total. The topological polar surface area (TPSA) is 57.6 Å². The molecular weight excluding hydrogens is 169 g/mol. The maximum Gasteiger partial charge on any atom is 0.323 e. The van der Waals surface area contributed by atoms with Gasteiger partial charge in [0.05, 0.1) is 0 Å². The fourth-order valence-corrected chi connectivity index (χ4v) is 1.03. The van der Waals surface area contributed by atoms with Gasteiger partial charge >= 0.3 is 5.97 Å². The molecule has 0 aromatic carbocycles. The number of carboxylic acid groups (broad SMARTS) is 1. The van der Waals surface area contributed by atoms with E-state index in [1.807, 2.05) is 6.92 Å². The van der Waals surface area contributed by atoms with E-state index >= 15 is 0 Å². The first kappa shape index (κ1) is 12.0. The van der Waals surface area contributed by atoms with Crippen molar-refractivity contribution in [3.8, 4) is 0 Å². The first-order valence-electron chi connectivity index (χ1n) is 4.61. The fourth-order valence-electron chi connectivity index (χ4n) is 1.03. The Hall–Kier alpha value is -0.995. The van der Waals surface area contributed by atoms with Gasteiger partial charge < -0.3 is 10.0 Å². The third-order valence-electron chi connectivity index (χ3n) is 1.76. The van der Waals surface area contributed by atoms with Crippen molar-refractivity contribution in [2.24, 2.45) is 0 Å². The highest BCUT2D eigenvalue weighted by molar-refractivity contribution is 6.19. The summed E-state index contributed by atoms with van der Waals surface area (Å²) in [5.74, 6) is -1.03. The lowest BCUT2D eigenvalue weighted by molar-refractivity contribution is -0.143. The van der Waals surface area contributed by atoms with Crippen LogP contribution in [0.1, 0.15) is 19.8 Å². The summed E-state index contributed by atoms with van der Waals surface area (Å²) < 4.78 is 0. The molecule has 0 unspecified atom stereocenters. The summed E-state index contributed by atoms with van der Waals surface area (Å²) in [7, 11) is 1.74. The van der Waals surface area contributed by atoms with Crippen LogP contribution in [0.5, 0.6) is 0 Å². The average Bonchev–Trinajstić information content (AvgIpc) is 2.10. The molecule has 0 bridgehead atoms. The van der Waals surface area contributed by atoms with Crippen LogP contribution in [-0.2, 0) is 9.59 Å². The SMILES string of the molecule is BCC(=O)N(CCCC)CC(=O)O. The molecular formula is C8H16BNO3. The van der Waals surface area contributed by atoms with E-state index in [-0.39, 0.29) is 12.5 Å². The van der Waals surface area contributed by atoms with Crippen LogP contribution in [0, 0.1) is 0 Å². The lowest BCUT2D eigenvalue weighted by Crippen LogP contribution is -2.36. The molecule has 0 rings (SSSR count). The Balaban J connectivity index is 4.02. The third kappa shape index (κ3) is 5.28. The molecule has 13 heavy (non-hydrogen) atoms. The zero-order valence-corrected chi connectivity index (χ0v) is 8.25. The van der Waals surface area contributed by atoms with E-state index < -0.39 is 5.97 Å². The van der Waals surface area contributed by atoms with Crippen molar-refractivity contribution in [2.75, 3.05) is 13.1 Å². The molecule has 0 aliphatic heterocycles. The van der Waals surface area contributed by atoms with E-state index in [1.165, 1.54) is 4.90 Å². The first-order valence-corrected chi connectivity index (χ1v) is 4.61. The minimum atomic E-state index is -0.946. The second-order valence-electron chi connectivity index (χ2n) is 2.92. The summed E-state index contributed by atoms with van der Waals surface area (Å²) in [5, 5.41) is 8.53. The molecule has 0 saturated carbocycles. The zero-order chi connectivity index (χ0) is 10.3. The summed E-state index contributed by atoms with van der Waals surface area (Å²) in [6, 6.07) is 0. The summed E-state index contributed by atoms with van der Waals surface area (Å²) in [6.45, 7) is 2.39. The number of amides is 1. The molecule has 0 saturated heterocycles. The lowest BCUT2D eigenvalue weighted by atomic mass is 10.0. The van der Waals surface area contributed by atoms with Crippen molar-refractivity contribution >= 4 is 19.7 Å². The van der Waals surface area contributed by atoms with Crippen molar-refractivity contribution in [1.29, 1.82) is 0 Å². The highest BCUT2D eigenvalue weighted by Gasteiger charge is 2.13. The van der Waals surface area contributed by atoms with Crippen molar-refractivity contribution in [3.05, 3.63) is 0 Å². The number of nitrogens with zero attached hydrogens (tertiary/aromatic N) is 1. The molecule has 1 N–H and O–H groups in total. The normalized spacial score (nSPS) is 9.62. The third-order valence-corrected chi connectivity index (χ3v) is 1.76. The van der Waals surface area contributed by atoms with E-state index in [2.05, 4.69) is 0 Å². The second kappa shape index (κ2) is 6.51. The number of aliphatic carboxylic acids is 1. The molecule has 0 aromatic rings. The lowest BCUT2D eigenvalue weighted by Gasteiger charge is -2.19. The minimum absolute atomic E-state index is 0.0872. The molecule has 0 aliphatic carbocycles. The molecule has 74 valence electrons. The Morgan fingerprint density at radius 1 is 1.46 bits per heavy atom. The van der Waals surface area contributed by atoms with Crippen molar-refractivity contribution in [2.45, 2.75) is 26.1 Å². The van der Waals surface area contributed by atoms with Crippen molar-refractivity contribution < 1.29 is 14.7 Å². The molecule has 0 spiro atoms. The maximum absolute atomic E-state index is 11.2. The quantitative estimate of drug-likeness (QED) is 0.580. The van der Waals surface area contributed by atoms with Gasteiger partial charge in [-0.3, -0.25) is 9.59 Å². The fraction of sp³-hybridized carbons (Fsp3) is 0.750. The Morgan fingerprint density at radius 2 is 2.08 bits per heavy atom. The van der Waals surface area contributed by atoms with Crippen LogP contribution in [0.25, 0.3) is 0 Å². The van der Waals surface area contributed by atoms with Crippen LogP contribution in [0.4, 0.5) is 0 Å². The number of carboxylic acids is 1. The average molecular weight is 185 g/mol. The molecule has 0 aliphatic rings. The van der Waals surface area contributed by atoms with E-state index in [4.69, 9.17) is 5.11 Å². The van der Waals surface area contributed by atoms with Crippen LogP contribution in [-0.4, -0.2) is 42.8 Å². The molecule has 0 heterocycles. The van der Waals surface area contributed by atoms with Crippen LogP contribution in [0.2, 0.25) is 6.32 Å². The summed E-state index contributed by atoms with van der Waals surface area (Å²) in [4.78, 5) is 23.0. The van der Waals surface area contributed by atoms with E-state index in [0.29, 0.717) is 12.9 Å². The zero-order valence-electron chi connectivity index (χ0n) is 8.25. The maximum atomic E-state index is 11.2. The summed E-state index contributed by atoms with van der Waals surface area (Å²) in [5.41, 5.74) is 0. The van der Waals surface area contributed by atoms with Crippen LogP contribution >= 0.6 is 0 Å². The van der Waals surface area contributed by atoms with E-state index in [9.17, 15) is 9.59 Å². The predicted molar refractivity (Wildman–Crippen MR) is 52.5 cm³/mol. The minimum Gasteiger partial charge on any atom is -0.480 e. The van der Waals surface area contributed by atoms with Gasteiger partial charge in [0, 0.05) is 6.54 Å². The molecule has 0 aromatic heterocycles. The molecule has 0 radical (unpaired) electrons. The molecule has 0 fully saturated rings. The van der Waals surface area contributed by atoms with E-state index in [1.54, 1.807) is 7.85 Å². The molecule has 0 atom stereocenters. The Kier molecular flexibility index (Phi) is 6.01. The van der Waals surface area contributed by atoms with Gasteiger partial charge in [0.2, 0.25) is 5.91 Å². The Bertz CT molecular complexity index is 184. The predicted octanol–water partition coefficient (Wildman–Crippen LogP) is -0.249. The van der Waals surface area contributed by atoms with Crippen LogP contribution in [0.3, 0.4) is 0 Å². The summed E-state index contributed by atoms with van der Waals surface area (Å²) >= 11 is 0. The molecule has 5 heteroatoms. The smallest absolute Gasteiger partial charge is 0.323 e. The monoisotopic (exact) mass is 185 g/mol. The largest absolute Gasteiger partial charge is 0.480 e. The highest BCUT2D eigenvalue weighted by Crippen LogP contribution is 1.97. The van der Waals surface area contributed by atoms with E-state index in [0.717, 1.165) is 12.8 Å². The number of unbranched alkanes of at least 4 members (excludes halogenated alkanes) is 1. The number of hydrogen-bond acceptors (Lipinski definition) is 2. The van der Waals surface area contributed by atoms with Crippen LogP contribution < -0.4 is 0 Å². The second-order valence-corrected chi connectivity index (χ2v) is 2.92. The number of carbonyl (C=O) groups is 2. The van der Waals surface area contributed by atoms with Gasteiger partial charge in [0.1, 0.15) is 14.4 Å². The highest BCUT2D eigenvalue weighted by atomic mass is 16.4. The van der Waals surface area contributed by atoms with Gasteiger partial charge in [-0.25, -0.2) is 0 Å². The van der Waals surface area contributed by atoms with Gasteiger partial charge in [-0.05, 0) is 12.7 Å².